The molecule has 48 valence electrons. The molecule has 1 aromatic rings. The van der Waals surface area contributed by atoms with Crippen molar-refractivity contribution in [2.75, 3.05) is 0 Å². The van der Waals surface area contributed by atoms with Crippen molar-refractivity contribution < 1.29 is 8.78 Å². The Balaban J connectivity index is 2.94. The smallest absolute Gasteiger partial charge is 0.0679 e. The lowest BCUT2D eigenvalue weighted by atomic mass is 10.2. The first-order chi connectivity index (χ1) is 4.33. The van der Waals surface area contributed by atoms with E-state index in [0.717, 1.165) is 6.07 Å². The maximum absolute atomic E-state index is 12.2. The van der Waals surface area contributed by atoms with E-state index in [-0.39, 0.29) is 5.56 Å². The molecule has 0 radical (unpaired) electrons. The molecule has 2 heteroatoms. The summed E-state index contributed by atoms with van der Waals surface area (Å²) < 4.78 is 23.8. The molecule has 0 nitrogen and oxygen atoms in total. The fourth-order valence-corrected chi connectivity index (χ4v) is 0.574. The highest BCUT2D eigenvalue weighted by Crippen LogP contribution is 2.05. The fourth-order valence-electron chi connectivity index (χ4n) is 0.574. The first-order valence-electron chi connectivity index (χ1n) is 2.52. The van der Waals surface area contributed by atoms with Crippen molar-refractivity contribution in [3.63, 3.8) is 0 Å². The van der Waals surface area contributed by atoms with E-state index in [4.69, 9.17) is 0 Å². The van der Waals surface area contributed by atoms with Gasteiger partial charge in [0.25, 0.3) is 0 Å². The summed E-state index contributed by atoms with van der Waals surface area (Å²) in [6, 6.07) is 5.34. The zero-order chi connectivity index (χ0) is 6.69. The van der Waals surface area contributed by atoms with Crippen LogP contribution in [0.5, 0.6) is 0 Å². The average molecular weight is 127 g/mol. The average Bonchev–Trinajstić information content (AvgIpc) is 1.88. The number of hydrogen-bond acceptors (Lipinski definition) is 0. The van der Waals surface area contributed by atoms with Gasteiger partial charge in [0.15, 0.2) is 0 Å². The van der Waals surface area contributed by atoms with Crippen molar-refractivity contribution in [2.45, 2.75) is 0 Å². The summed E-state index contributed by atoms with van der Waals surface area (Å²) in [4.78, 5) is 0. The van der Waals surface area contributed by atoms with Crippen LogP contribution in [-0.4, -0.2) is 0 Å². The zero-order valence-electron chi connectivity index (χ0n) is 4.64. The van der Waals surface area contributed by atoms with Crippen molar-refractivity contribution >= 4 is 0 Å². The zero-order valence-corrected chi connectivity index (χ0v) is 4.64. The Hall–Kier alpha value is -1.05. The normalized spacial score (nSPS) is 9.11. The highest BCUT2D eigenvalue weighted by atomic mass is 19.1. The summed E-state index contributed by atoms with van der Waals surface area (Å²) in [7, 11) is 0. The van der Waals surface area contributed by atoms with Crippen molar-refractivity contribution in [1.29, 1.82) is 0 Å². The van der Waals surface area contributed by atoms with E-state index < -0.39 is 5.82 Å². The van der Waals surface area contributed by atoms with E-state index in [1.54, 1.807) is 0 Å². The van der Waals surface area contributed by atoms with Gasteiger partial charge in [0, 0.05) is 0 Å². The van der Waals surface area contributed by atoms with Gasteiger partial charge in [0.2, 0.25) is 0 Å². The molecule has 0 atom stereocenters. The molecule has 0 saturated carbocycles. The predicted octanol–water partition coefficient (Wildman–Crippen LogP) is 2.31. The Bertz CT molecular complexity index is 196. The van der Waals surface area contributed by atoms with E-state index in [9.17, 15) is 8.78 Å². The van der Waals surface area contributed by atoms with Crippen LogP contribution in [0.2, 0.25) is 0 Å². The topological polar surface area (TPSA) is 0 Å². The molecular weight excluding hydrogens is 122 g/mol. The summed E-state index contributed by atoms with van der Waals surface area (Å²) >= 11 is 0. The molecule has 0 aliphatic carbocycles. The molecule has 1 aromatic carbocycles. The number of hydrogen-bond donors (Lipinski definition) is 0. The second-order valence-corrected chi connectivity index (χ2v) is 1.66. The van der Waals surface area contributed by atoms with Crippen molar-refractivity contribution in [3.05, 3.63) is 42.3 Å². The third-order valence-corrected chi connectivity index (χ3v) is 0.975. The lowest BCUT2D eigenvalue weighted by Crippen LogP contribution is -1.76. The van der Waals surface area contributed by atoms with Gasteiger partial charge in [0.05, 0.1) is 5.82 Å². The molecule has 0 spiro atoms. The third kappa shape index (κ3) is 1.42. The molecular formula is C7H5F2-. The summed E-state index contributed by atoms with van der Waals surface area (Å²) in [6.45, 7) is 0.364. The van der Waals surface area contributed by atoms with Gasteiger partial charge >= 0.3 is 0 Å². The fraction of sp³-hybridized carbons (Fsp3) is 0. The van der Waals surface area contributed by atoms with Crippen LogP contribution in [0.4, 0.5) is 8.78 Å². The van der Waals surface area contributed by atoms with Crippen molar-refractivity contribution in [2.24, 2.45) is 0 Å². The van der Waals surface area contributed by atoms with Crippen molar-refractivity contribution in [1.82, 2.24) is 0 Å². The minimum absolute atomic E-state index is 0.259. The minimum Gasteiger partial charge on any atom is -0.292 e. The summed E-state index contributed by atoms with van der Waals surface area (Å²) in [5.74, 6) is -0.415. The highest BCUT2D eigenvalue weighted by molar-refractivity contribution is 5.20. The van der Waals surface area contributed by atoms with Crippen LogP contribution in [0.3, 0.4) is 0 Å². The van der Waals surface area contributed by atoms with Crippen LogP contribution in [0, 0.1) is 12.5 Å². The van der Waals surface area contributed by atoms with Gasteiger partial charge < -0.3 is 0 Å². The van der Waals surface area contributed by atoms with Gasteiger partial charge in [-0.05, 0) is 6.67 Å². The Kier molecular flexibility index (Phi) is 1.68. The van der Waals surface area contributed by atoms with E-state index in [1.807, 2.05) is 0 Å². The van der Waals surface area contributed by atoms with E-state index >= 15 is 0 Å². The van der Waals surface area contributed by atoms with Crippen LogP contribution in [0.1, 0.15) is 5.56 Å². The van der Waals surface area contributed by atoms with E-state index in [2.05, 4.69) is 0 Å². The monoisotopic (exact) mass is 127 g/mol. The molecule has 0 aromatic heterocycles. The number of rotatable bonds is 1. The Morgan fingerprint density at radius 1 is 1.33 bits per heavy atom. The first-order valence-corrected chi connectivity index (χ1v) is 2.52. The van der Waals surface area contributed by atoms with Gasteiger partial charge in [-0.25, -0.2) is 4.39 Å². The predicted molar refractivity (Wildman–Crippen MR) is 30.9 cm³/mol. The lowest BCUT2D eigenvalue weighted by molar-refractivity contribution is 0.615. The maximum Gasteiger partial charge on any atom is 0.0679 e. The molecule has 9 heavy (non-hydrogen) atoms. The number of halogens is 2. The molecule has 0 fully saturated rings. The second kappa shape index (κ2) is 2.49. The Labute approximate surface area is 52.1 Å². The second-order valence-electron chi connectivity index (χ2n) is 1.66. The summed E-state index contributed by atoms with van der Waals surface area (Å²) in [6.07, 6.45) is 0. The molecule has 0 aliphatic heterocycles. The quantitative estimate of drug-likeness (QED) is 0.508. The van der Waals surface area contributed by atoms with Crippen LogP contribution < -0.4 is 0 Å². The standard InChI is InChI=1S/C7H5F2/c8-5-6-2-1-3-7(9)4-6/h1-5H/q-1. The molecule has 0 heterocycles. The van der Waals surface area contributed by atoms with Crippen molar-refractivity contribution in [3.8, 4) is 0 Å². The van der Waals surface area contributed by atoms with Crippen LogP contribution in [-0.2, 0) is 0 Å². The minimum atomic E-state index is -0.415. The highest BCUT2D eigenvalue weighted by Gasteiger charge is 1.81. The lowest BCUT2D eigenvalue weighted by Gasteiger charge is -2.00. The summed E-state index contributed by atoms with van der Waals surface area (Å²) in [5.41, 5.74) is 0.259. The molecule has 0 bridgehead atoms. The van der Waals surface area contributed by atoms with Gasteiger partial charge in [-0.2, -0.15) is 11.6 Å². The Morgan fingerprint density at radius 3 is 2.56 bits per heavy atom. The molecule has 0 aliphatic rings. The largest absolute Gasteiger partial charge is 0.292 e. The molecule has 0 unspecified atom stereocenters. The maximum atomic E-state index is 12.2. The van der Waals surface area contributed by atoms with Crippen LogP contribution in [0.15, 0.2) is 24.3 Å². The van der Waals surface area contributed by atoms with Crippen LogP contribution >= 0.6 is 0 Å². The Morgan fingerprint density at radius 2 is 2.11 bits per heavy atom. The SMILES string of the molecule is F[CH-]c1cccc(F)c1. The molecule has 0 N–H and O–H groups in total. The summed E-state index contributed by atoms with van der Waals surface area (Å²) in [5, 5.41) is 0. The van der Waals surface area contributed by atoms with Gasteiger partial charge in [-0.1, -0.05) is 6.07 Å². The first kappa shape index (κ1) is 6.08. The van der Waals surface area contributed by atoms with E-state index in [0.29, 0.717) is 6.67 Å². The third-order valence-electron chi connectivity index (χ3n) is 0.975. The molecule has 0 saturated heterocycles. The van der Waals surface area contributed by atoms with Crippen LogP contribution in [0.25, 0.3) is 0 Å². The van der Waals surface area contributed by atoms with E-state index in [1.165, 1.54) is 18.2 Å². The number of benzene rings is 1. The molecule has 1 rings (SSSR count). The molecule has 0 amide bonds. The van der Waals surface area contributed by atoms with Gasteiger partial charge in [0.1, 0.15) is 0 Å². The van der Waals surface area contributed by atoms with Gasteiger partial charge in [-0.15, -0.1) is 12.1 Å². The van der Waals surface area contributed by atoms with Gasteiger partial charge in [-0.3, -0.25) is 4.39 Å².